The monoisotopic (exact) mass is 876 g/mol. The molecule has 0 heterocycles. The van der Waals surface area contributed by atoms with Crippen LogP contribution in [0.3, 0.4) is 0 Å². The summed E-state index contributed by atoms with van der Waals surface area (Å²) in [6.45, 7) is 3.43. The van der Waals surface area contributed by atoms with E-state index in [1.165, 1.54) is 89.9 Å². The minimum atomic E-state index is -4.43. The lowest BCUT2D eigenvalue weighted by atomic mass is 10.0. The third-order valence-corrected chi connectivity index (χ3v) is 11.1. The highest BCUT2D eigenvalue weighted by Gasteiger charge is 2.23. The van der Waals surface area contributed by atoms with Gasteiger partial charge in [0.15, 0.2) is 0 Å². The molecule has 2 unspecified atom stereocenters. The Morgan fingerprint density at radius 2 is 0.934 bits per heavy atom. The number of aliphatic hydroxyl groups is 1. The maximum Gasteiger partial charge on any atom is 0.472 e. The first-order chi connectivity index (χ1) is 29.8. The fourth-order valence-electron chi connectivity index (χ4n) is 6.50. The van der Waals surface area contributed by atoms with Crippen LogP contribution in [-0.4, -0.2) is 54.3 Å². The first-order valence-corrected chi connectivity index (χ1v) is 25.9. The van der Waals surface area contributed by atoms with Crippen molar-refractivity contribution in [3.8, 4) is 0 Å². The van der Waals surface area contributed by atoms with Crippen LogP contribution in [0.5, 0.6) is 0 Å². The Labute approximate surface area is 373 Å². The molecule has 0 bridgehead atoms. The summed E-state index contributed by atoms with van der Waals surface area (Å²) in [5.74, 6) is -0.540. The van der Waals surface area contributed by atoms with Gasteiger partial charge in [0.2, 0.25) is 5.91 Å². The Morgan fingerprint density at radius 1 is 0.525 bits per heavy atom. The number of nitrogens with one attached hydrogen (secondary N) is 1. The molecule has 9 nitrogen and oxygen atoms in total. The molecule has 0 aliphatic rings. The molecule has 0 aliphatic carbocycles. The number of unbranched alkanes of at least 4 members (excludes halogenated alkanes) is 20. The predicted molar refractivity (Wildman–Crippen MR) is 256 cm³/mol. The smallest absolute Gasteiger partial charge is 0.463 e. The summed E-state index contributed by atoms with van der Waals surface area (Å²) in [5.41, 5.74) is 0. The van der Waals surface area contributed by atoms with E-state index in [-0.39, 0.29) is 32.1 Å². The second-order valence-electron chi connectivity index (χ2n) is 16.1. The van der Waals surface area contributed by atoms with Gasteiger partial charge in [0.25, 0.3) is 0 Å². The van der Waals surface area contributed by atoms with Crippen LogP contribution in [0.25, 0.3) is 0 Å². The average Bonchev–Trinajstić information content (AvgIpc) is 3.25. The molecule has 1 amide bonds. The predicted octanol–water partition coefficient (Wildman–Crippen LogP) is 14.2. The topological polar surface area (TPSA) is 131 Å². The molecule has 0 rings (SSSR count). The van der Waals surface area contributed by atoms with E-state index in [1.807, 2.05) is 0 Å². The number of hydrogen-bond donors (Lipinski definition) is 3. The molecular formula is C51H90NO8P. The van der Waals surface area contributed by atoms with Crippen molar-refractivity contribution in [2.24, 2.45) is 0 Å². The summed E-state index contributed by atoms with van der Waals surface area (Å²) in [6.07, 6.45) is 58.3. The summed E-state index contributed by atoms with van der Waals surface area (Å²) >= 11 is 0. The zero-order valence-electron chi connectivity index (χ0n) is 38.8. The van der Waals surface area contributed by atoms with Crippen molar-refractivity contribution in [1.29, 1.82) is 0 Å². The number of esters is 1. The second kappa shape index (κ2) is 46.9. The summed E-state index contributed by atoms with van der Waals surface area (Å²) in [4.78, 5) is 34.0. The van der Waals surface area contributed by atoms with Gasteiger partial charge < -0.3 is 20.1 Å². The van der Waals surface area contributed by atoms with Gasteiger partial charge in [-0.25, -0.2) is 4.57 Å². The number of allylic oxidation sites excluding steroid dienone is 12. The zero-order chi connectivity index (χ0) is 44.6. The summed E-state index contributed by atoms with van der Waals surface area (Å²) < 4.78 is 26.9. The van der Waals surface area contributed by atoms with Crippen LogP contribution in [0.1, 0.15) is 206 Å². The first-order valence-electron chi connectivity index (χ1n) is 24.4. The summed E-state index contributed by atoms with van der Waals surface area (Å²) in [5, 5.41) is 12.7. The number of rotatable bonds is 45. The van der Waals surface area contributed by atoms with Crippen LogP contribution in [0.4, 0.5) is 0 Å². The SMILES string of the molecule is CC/C=C\C/C=C\C/C=C\C/C=C\C/C=C\C/C=C\CCCCCCC(=O)OCC(O)COP(=O)(O)OCCNC(=O)CCCCCCCCCCCCCCCCCCC. The normalized spacial score (nSPS) is 13.8. The number of amides is 1. The Kier molecular flexibility index (Phi) is 45.0. The van der Waals surface area contributed by atoms with Crippen LogP contribution in [0.15, 0.2) is 72.9 Å². The fraction of sp³-hybridized carbons (Fsp3) is 0.725. The van der Waals surface area contributed by atoms with Crippen molar-refractivity contribution in [3.05, 3.63) is 72.9 Å². The standard InChI is InChI=1S/C51H90NO8P/c1-3-5-7-9-11-13-15-17-19-21-22-23-24-25-26-28-30-32-34-36-38-40-42-44-51(55)58-47-49(53)48-60-61(56,57)59-46-45-52-50(54)43-41-39-37-35-33-31-29-27-20-18-16-14-12-10-8-6-4-2/h5,7,11,13,17,19,22-23,25-26,30,32,49,53H,3-4,6,8-10,12,14-16,18,20-21,24,27-29,31,33-48H2,1-2H3,(H,52,54)(H,56,57)/b7-5-,13-11-,19-17-,23-22-,26-25-,32-30-. The lowest BCUT2D eigenvalue weighted by molar-refractivity contribution is -0.147. The number of hydrogen-bond acceptors (Lipinski definition) is 7. The highest BCUT2D eigenvalue weighted by atomic mass is 31.2. The van der Waals surface area contributed by atoms with Crippen LogP contribution >= 0.6 is 7.82 Å². The van der Waals surface area contributed by atoms with Crippen molar-refractivity contribution in [2.75, 3.05) is 26.4 Å². The van der Waals surface area contributed by atoms with Crippen LogP contribution in [0.2, 0.25) is 0 Å². The van der Waals surface area contributed by atoms with Crippen molar-refractivity contribution < 1.29 is 37.9 Å². The molecule has 3 N–H and O–H groups in total. The molecule has 0 aromatic heterocycles. The molecule has 352 valence electrons. The molecule has 0 fully saturated rings. The lowest BCUT2D eigenvalue weighted by Crippen LogP contribution is -2.27. The first kappa shape index (κ1) is 58.5. The maximum atomic E-state index is 12.1. The van der Waals surface area contributed by atoms with E-state index >= 15 is 0 Å². The summed E-state index contributed by atoms with van der Waals surface area (Å²) in [7, 11) is -4.43. The van der Waals surface area contributed by atoms with E-state index in [4.69, 9.17) is 13.8 Å². The van der Waals surface area contributed by atoms with Gasteiger partial charge in [-0.05, 0) is 64.2 Å². The number of carbonyl (C=O) groups is 2. The average molecular weight is 876 g/mol. The molecule has 0 saturated carbocycles. The minimum absolute atomic E-state index is 0.0778. The summed E-state index contributed by atoms with van der Waals surface area (Å²) in [6, 6.07) is 0. The van der Waals surface area contributed by atoms with E-state index < -0.39 is 26.5 Å². The largest absolute Gasteiger partial charge is 0.472 e. The molecule has 0 saturated heterocycles. The van der Waals surface area contributed by atoms with Gasteiger partial charge in [0, 0.05) is 19.4 Å². The van der Waals surface area contributed by atoms with Crippen molar-refractivity contribution in [2.45, 2.75) is 213 Å². The van der Waals surface area contributed by atoms with Gasteiger partial charge in [0.1, 0.15) is 12.7 Å². The lowest BCUT2D eigenvalue weighted by Gasteiger charge is -2.15. The molecule has 2 atom stereocenters. The Hall–Kier alpha value is -2.55. The molecule has 0 aromatic rings. The van der Waals surface area contributed by atoms with Crippen LogP contribution in [-0.2, 0) is 27.9 Å². The highest BCUT2D eigenvalue weighted by molar-refractivity contribution is 7.47. The Bertz CT molecular complexity index is 1230. The molecule has 10 heteroatoms. The Balaban J connectivity index is 3.64. The van der Waals surface area contributed by atoms with E-state index in [0.29, 0.717) is 12.8 Å². The molecule has 0 radical (unpaired) electrons. The number of carbonyl (C=O) groups excluding carboxylic acids is 2. The van der Waals surface area contributed by atoms with Gasteiger partial charge >= 0.3 is 13.8 Å². The molecular weight excluding hydrogens is 786 g/mol. The van der Waals surface area contributed by atoms with Gasteiger partial charge in [-0.2, -0.15) is 0 Å². The van der Waals surface area contributed by atoms with Crippen molar-refractivity contribution in [3.63, 3.8) is 0 Å². The Morgan fingerprint density at radius 3 is 1.41 bits per heavy atom. The van der Waals surface area contributed by atoms with Crippen molar-refractivity contribution >= 4 is 19.7 Å². The number of ether oxygens (including phenoxy) is 1. The van der Waals surface area contributed by atoms with Crippen molar-refractivity contribution in [1.82, 2.24) is 5.32 Å². The van der Waals surface area contributed by atoms with Crippen LogP contribution < -0.4 is 5.32 Å². The third-order valence-electron chi connectivity index (χ3n) is 10.2. The highest BCUT2D eigenvalue weighted by Crippen LogP contribution is 2.42. The third kappa shape index (κ3) is 48.3. The second-order valence-corrected chi connectivity index (χ2v) is 17.5. The minimum Gasteiger partial charge on any atom is -0.463 e. The van der Waals surface area contributed by atoms with Gasteiger partial charge in [-0.1, -0.05) is 202 Å². The molecule has 0 spiro atoms. The number of phosphoric acid groups is 1. The maximum absolute atomic E-state index is 12.1. The van der Waals surface area contributed by atoms with E-state index in [1.54, 1.807) is 0 Å². The quantitative estimate of drug-likeness (QED) is 0.0239. The van der Waals surface area contributed by atoms with Gasteiger partial charge in [-0.3, -0.25) is 18.6 Å². The molecule has 0 aromatic carbocycles. The molecule has 61 heavy (non-hydrogen) atoms. The van der Waals surface area contributed by atoms with Gasteiger partial charge in [0.05, 0.1) is 13.2 Å². The van der Waals surface area contributed by atoms with E-state index in [0.717, 1.165) is 83.5 Å². The van der Waals surface area contributed by atoms with Gasteiger partial charge in [-0.15, -0.1) is 0 Å². The zero-order valence-corrected chi connectivity index (χ0v) is 39.7. The van der Waals surface area contributed by atoms with Crippen LogP contribution in [0, 0.1) is 0 Å². The van der Waals surface area contributed by atoms with E-state index in [9.17, 15) is 24.2 Å². The number of aliphatic hydroxyl groups excluding tert-OH is 1. The molecule has 0 aliphatic heterocycles. The fourth-order valence-corrected chi connectivity index (χ4v) is 7.26. The van der Waals surface area contributed by atoms with E-state index in [2.05, 4.69) is 92.1 Å². The number of phosphoric ester groups is 1.